The van der Waals surface area contributed by atoms with Crippen molar-refractivity contribution >= 4 is 28.2 Å². The molecule has 0 aliphatic heterocycles. The molecule has 0 atom stereocenters. The zero-order valence-electron chi connectivity index (χ0n) is 9.03. The average molecular weight is 307 g/mol. The Labute approximate surface area is 93.5 Å². The first-order valence-corrected chi connectivity index (χ1v) is 14.6. The maximum absolute atomic E-state index is 8.58. The van der Waals surface area contributed by atoms with Crippen LogP contribution in [0.15, 0.2) is 22.1 Å². The fourth-order valence-electron chi connectivity index (χ4n) is 1.07. The van der Waals surface area contributed by atoms with Crippen LogP contribution in [0.25, 0.3) is 6.08 Å². The summed E-state index contributed by atoms with van der Waals surface area (Å²) in [6.07, 6.45) is 1.47. The van der Waals surface area contributed by atoms with Crippen LogP contribution in [0.1, 0.15) is 5.76 Å². The van der Waals surface area contributed by atoms with Gasteiger partial charge in [-0.25, -0.2) is 0 Å². The van der Waals surface area contributed by atoms with E-state index >= 15 is 0 Å². The SMILES string of the molecule is [CH3][Sn]([CH3])([CH3])[c]1ccc(C=C(C#N)C#N)o1. The van der Waals surface area contributed by atoms with Crippen molar-refractivity contribution in [2.45, 2.75) is 14.8 Å². The van der Waals surface area contributed by atoms with Crippen molar-refractivity contribution in [2.24, 2.45) is 0 Å². The van der Waals surface area contributed by atoms with Crippen LogP contribution in [-0.4, -0.2) is 18.4 Å². The topological polar surface area (TPSA) is 60.7 Å². The van der Waals surface area contributed by atoms with Crippen LogP contribution in [0.2, 0.25) is 14.8 Å². The zero-order valence-corrected chi connectivity index (χ0v) is 11.9. The molecule has 1 aromatic heterocycles. The predicted molar refractivity (Wildman–Crippen MR) is 60.9 cm³/mol. The van der Waals surface area contributed by atoms with Crippen molar-refractivity contribution in [3.05, 3.63) is 23.5 Å². The van der Waals surface area contributed by atoms with Gasteiger partial charge in [-0.3, -0.25) is 0 Å². The molecule has 15 heavy (non-hydrogen) atoms. The number of rotatable bonds is 2. The maximum atomic E-state index is 8.58. The van der Waals surface area contributed by atoms with Gasteiger partial charge in [0, 0.05) is 0 Å². The van der Waals surface area contributed by atoms with E-state index in [1.165, 1.54) is 6.08 Å². The molecule has 0 amide bonds. The third kappa shape index (κ3) is 3.14. The first-order chi connectivity index (χ1) is 6.97. The van der Waals surface area contributed by atoms with E-state index < -0.39 is 18.4 Å². The average Bonchev–Trinajstić information content (AvgIpc) is 2.61. The summed E-state index contributed by atoms with van der Waals surface area (Å²) in [5.74, 6) is 0.592. The van der Waals surface area contributed by atoms with E-state index in [1.54, 1.807) is 12.1 Å². The van der Waals surface area contributed by atoms with Crippen LogP contribution in [0.5, 0.6) is 0 Å². The Morgan fingerprint density at radius 2 is 1.87 bits per heavy atom. The second kappa shape index (κ2) is 4.55. The summed E-state index contributed by atoms with van der Waals surface area (Å²) in [5, 5.41) is 17.2. The molecule has 3 nitrogen and oxygen atoms in total. The van der Waals surface area contributed by atoms with Crippen molar-refractivity contribution in [1.82, 2.24) is 0 Å². The molecule has 0 aliphatic rings. The van der Waals surface area contributed by atoms with Gasteiger partial charge in [-0.1, -0.05) is 0 Å². The Morgan fingerprint density at radius 1 is 1.27 bits per heavy atom. The van der Waals surface area contributed by atoms with Crippen LogP contribution in [0.3, 0.4) is 0 Å². The van der Waals surface area contributed by atoms with Crippen LogP contribution < -0.4 is 3.78 Å². The van der Waals surface area contributed by atoms with Crippen LogP contribution in [-0.2, 0) is 0 Å². The molecule has 0 saturated carbocycles. The molecule has 4 heteroatoms. The molecule has 0 aromatic carbocycles. The second-order valence-corrected chi connectivity index (χ2v) is 18.5. The van der Waals surface area contributed by atoms with Crippen LogP contribution in [0, 0.1) is 22.7 Å². The van der Waals surface area contributed by atoms with Crippen molar-refractivity contribution in [1.29, 1.82) is 10.5 Å². The molecule has 0 saturated heterocycles. The molecule has 1 aromatic rings. The molecule has 76 valence electrons. The van der Waals surface area contributed by atoms with Gasteiger partial charge in [-0.05, 0) is 0 Å². The molecular weight excluding hydrogens is 295 g/mol. The number of allylic oxidation sites excluding steroid dienone is 1. The van der Waals surface area contributed by atoms with Gasteiger partial charge >= 0.3 is 93.6 Å². The van der Waals surface area contributed by atoms with Crippen LogP contribution in [0.4, 0.5) is 0 Å². The molecule has 1 heterocycles. The van der Waals surface area contributed by atoms with E-state index in [9.17, 15) is 0 Å². The van der Waals surface area contributed by atoms with E-state index in [-0.39, 0.29) is 5.57 Å². The van der Waals surface area contributed by atoms with E-state index in [1.807, 2.05) is 12.1 Å². The van der Waals surface area contributed by atoms with Gasteiger partial charge < -0.3 is 0 Å². The third-order valence-corrected chi connectivity index (χ3v) is 6.88. The third-order valence-electron chi connectivity index (χ3n) is 1.89. The van der Waals surface area contributed by atoms with Gasteiger partial charge in [-0.2, -0.15) is 0 Å². The molecule has 0 bridgehead atoms. The molecule has 0 radical (unpaired) electrons. The number of nitriles is 2. The van der Waals surface area contributed by atoms with E-state index in [0.29, 0.717) is 5.76 Å². The van der Waals surface area contributed by atoms with Gasteiger partial charge in [0.15, 0.2) is 0 Å². The number of hydrogen-bond acceptors (Lipinski definition) is 3. The standard InChI is InChI=1S/C8H3N2O.3CH3.Sn/c9-5-7(6-10)4-8-2-1-3-11-8;;;;/h1-2,4H;3*1H3;. The molecule has 0 N–H and O–H groups in total. The normalized spacial score (nSPS) is 10.2. The van der Waals surface area contributed by atoms with Gasteiger partial charge in [0.1, 0.15) is 0 Å². The molecule has 0 unspecified atom stereocenters. The summed E-state index contributed by atoms with van der Waals surface area (Å²) in [6, 6.07) is 7.38. The number of nitrogens with zero attached hydrogens (tertiary/aromatic N) is 2. The number of hydrogen-bond donors (Lipinski definition) is 0. The minimum absolute atomic E-state index is 0.0695. The first kappa shape index (κ1) is 11.9. The Bertz CT molecular complexity index is 450. The summed E-state index contributed by atoms with van der Waals surface area (Å²) in [7, 11) is 0. The van der Waals surface area contributed by atoms with E-state index in [4.69, 9.17) is 14.9 Å². The summed E-state index contributed by atoms with van der Waals surface area (Å²) >= 11 is -2.15. The summed E-state index contributed by atoms with van der Waals surface area (Å²) in [6.45, 7) is 0. The Kier molecular flexibility index (Phi) is 3.60. The Balaban J connectivity index is 3.03. The van der Waals surface area contributed by atoms with Gasteiger partial charge in [0.05, 0.1) is 0 Å². The fourth-order valence-corrected chi connectivity index (χ4v) is 3.94. The van der Waals surface area contributed by atoms with Gasteiger partial charge in [0.2, 0.25) is 0 Å². The molecule has 1 rings (SSSR count). The zero-order chi connectivity index (χ0) is 11.5. The van der Waals surface area contributed by atoms with Crippen molar-refractivity contribution in [3.63, 3.8) is 0 Å². The van der Waals surface area contributed by atoms with Crippen molar-refractivity contribution in [3.8, 4) is 12.1 Å². The molecule has 0 fully saturated rings. The minimum atomic E-state index is -2.15. The monoisotopic (exact) mass is 308 g/mol. The Morgan fingerprint density at radius 3 is 2.27 bits per heavy atom. The van der Waals surface area contributed by atoms with Crippen molar-refractivity contribution < 1.29 is 4.42 Å². The number of furan rings is 1. The van der Waals surface area contributed by atoms with E-state index in [2.05, 4.69) is 14.8 Å². The summed E-state index contributed by atoms with van der Waals surface area (Å²) in [4.78, 5) is 6.74. The first-order valence-electron chi connectivity index (χ1n) is 4.59. The van der Waals surface area contributed by atoms with E-state index in [0.717, 1.165) is 3.78 Å². The fraction of sp³-hybridized carbons (Fsp3) is 0.273. The predicted octanol–water partition coefficient (Wildman–Crippen LogP) is 2.26. The second-order valence-electron chi connectivity index (χ2n) is 4.23. The summed E-state index contributed by atoms with van der Waals surface area (Å²) in [5.41, 5.74) is 0.0695. The molecular formula is C11H12N2OSn. The summed E-state index contributed by atoms with van der Waals surface area (Å²) < 4.78 is 6.64. The Hall–Kier alpha value is -1.20. The molecule has 0 spiro atoms. The molecule has 0 aliphatic carbocycles. The van der Waals surface area contributed by atoms with Crippen LogP contribution >= 0.6 is 0 Å². The van der Waals surface area contributed by atoms with Gasteiger partial charge in [-0.15, -0.1) is 0 Å². The quantitative estimate of drug-likeness (QED) is 0.622. The van der Waals surface area contributed by atoms with Crippen molar-refractivity contribution in [2.75, 3.05) is 0 Å². The van der Waals surface area contributed by atoms with Gasteiger partial charge in [0.25, 0.3) is 0 Å².